The van der Waals surface area contributed by atoms with Crippen molar-refractivity contribution < 1.29 is 35.6 Å². The summed E-state index contributed by atoms with van der Waals surface area (Å²) < 4.78 is 67.6. The molecule has 13 heteroatoms. The standard InChI is InChI=1S/C36H49N3O8S2/c1-5-7-9-11-20-38(21-12-10-8-6-2)26-14-16-28-31(24-26)37-35(41)29(34(28)40)17-19-33-36(3,4)30-25-27(49(45,46)47)15-18-32(30)39(33)22-13-23-48(42,43)44/h14-19,24-25H,5-13,20-23H2,1-4H3,(H3,37,40,41,42,43,44,45,46,47)/p+1. The fraction of sp³-hybridized carbons (Fsp3) is 0.500. The first-order valence-corrected chi connectivity index (χ1v) is 20.2. The molecule has 4 N–H and O–H groups in total. The number of H-pyrrole nitrogens is 1. The predicted molar refractivity (Wildman–Crippen MR) is 196 cm³/mol. The Morgan fingerprint density at radius 3 is 2.10 bits per heavy atom. The average molecular weight is 717 g/mol. The van der Waals surface area contributed by atoms with Gasteiger partial charge in [0.25, 0.3) is 25.8 Å². The molecule has 0 saturated carbocycles. The molecule has 1 aliphatic rings. The van der Waals surface area contributed by atoms with E-state index in [1.807, 2.05) is 32.0 Å². The lowest BCUT2D eigenvalue weighted by Gasteiger charge is -2.25. The van der Waals surface area contributed by atoms with Gasteiger partial charge in [-0.05, 0) is 63.1 Å². The first kappa shape index (κ1) is 38.3. The number of hydrogen-bond acceptors (Lipinski definition) is 7. The maximum Gasteiger partial charge on any atom is 0.294 e. The van der Waals surface area contributed by atoms with Crippen molar-refractivity contribution in [3.05, 3.63) is 64.0 Å². The third-order valence-corrected chi connectivity index (χ3v) is 10.9. The topological polar surface area (TPSA) is 168 Å². The number of hydrogen-bond donors (Lipinski definition) is 4. The first-order valence-electron chi connectivity index (χ1n) is 17.1. The van der Waals surface area contributed by atoms with E-state index in [4.69, 9.17) is 0 Å². The van der Waals surface area contributed by atoms with Crippen molar-refractivity contribution >= 4 is 54.3 Å². The summed E-state index contributed by atoms with van der Waals surface area (Å²) in [4.78, 5) is 18.4. The second-order valence-corrected chi connectivity index (χ2v) is 16.3. The fourth-order valence-corrected chi connectivity index (χ4v) is 7.59. The summed E-state index contributed by atoms with van der Waals surface area (Å²) in [5.74, 6) is -0.666. The van der Waals surface area contributed by atoms with E-state index >= 15 is 0 Å². The highest BCUT2D eigenvalue weighted by Gasteiger charge is 2.45. The Kier molecular flexibility index (Phi) is 12.5. The van der Waals surface area contributed by atoms with E-state index in [0.29, 0.717) is 27.9 Å². The molecule has 0 amide bonds. The fourth-order valence-electron chi connectivity index (χ4n) is 6.59. The van der Waals surface area contributed by atoms with Crippen LogP contribution < -0.4 is 10.5 Å². The summed E-state index contributed by atoms with van der Waals surface area (Å²) in [6, 6.07) is 9.87. The minimum atomic E-state index is -4.50. The molecule has 0 fully saturated rings. The van der Waals surface area contributed by atoms with Crippen molar-refractivity contribution in [3.63, 3.8) is 0 Å². The lowest BCUT2D eigenvalue weighted by atomic mass is 9.81. The van der Waals surface area contributed by atoms with Crippen LogP contribution in [0.15, 0.2) is 52.2 Å². The summed E-state index contributed by atoms with van der Waals surface area (Å²) in [6.45, 7) is 10.0. The van der Waals surface area contributed by atoms with Gasteiger partial charge in [0.05, 0.1) is 27.1 Å². The Balaban J connectivity index is 1.72. The Hall–Kier alpha value is -3.52. The molecule has 2 aromatic carbocycles. The predicted octanol–water partition coefficient (Wildman–Crippen LogP) is 6.81. The number of fused-ring (bicyclic) bond motifs is 2. The zero-order valence-corrected chi connectivity index (χ0v) is 30.5. The van der Waals surface area contributed by atoms with Crippen LogP contribution in [0.3, 0.4) is 0 Å². The van der Waals surface area contributed by atoms with Crippen LogP contribution in [-0.4, -0.2) is 71.7 Å². The third-order valence-electron chi connectivity index (χ3n) is 9.29. The van der Waals surface area contributed by atoms with E-state index in [-0.39, 0.29) is 29.2 Å². The highest BCUT2D eigenvalue weighted by molar-refractivity contribution is 7.86. The van der Waals surface area contributed by atoms with Crippen LogP contribution in [-0.2, 0) is 25.7 Å². The molecule has 1 aromatic heterocycles. The molecule has 4 rings (SSSR count). The van der Waals surface area contributed by atoms with Crippen LogP contribution in [0.4, 0.5) is 11.4 Å². The largest absolute Gasteiger partial charge is 0.506 e. The van der Waals surface area contributed by atoms with Crippen molar-refractivity contribution in [3.8, 4) is 5.75 Å². The maximum absolute atomic E-state index is 13.4. The zero-order chi connectivity index (χ0) is 36.0. The lowest BCUT2D eigenvalue weighted by Crippen LogP contribution is -2.28. The van der Waals surface area contributed by atoms with Gasteiger partial charge < -0.3 is 15.0 Å². The van der Waals surface area contributed by atoms with E-state index in [1.165, 1.54) is 37.1 Å². The SMILES string of the molecule is CCCCCCN(CCCCCC)c1ccc2c(O)c(/C=C/C3=[N+](CCCS(=O)(=O)O)c4ccc(S(=O)(=O)O)cc4C3(C)C)c(=O)[nH]c2c1. The molecule has 2 heterocycles. The smallest absolute Gasteiger partial charge is 0.294 e. The van der Waals surface area contributed by atoms with Crippen LogP contribution >= 0.6 is 0 Å². The molecular formula is C36H50N3O8S2+. The monoisotopic (exact) mass is 716 g/mol. The molecule has 49 heavy (non-hydrogen) atoms. The number of unbranched alkanes of at least 4 members (excludes halogenated alkanes) is 6. The second kappa shape index (κ2) is 16.0. The molecule has 11 nitrogen and oxygen atoms in total. The van der Waals surface area contributed by atoms with Gasteiger partial charge in [-0.15, -0.1) is 0 Å². The summed E-state index contributed by atoms with van der Waals surface area (Å²) in [6.07, 6.45) is 12.4. The van der Waals surface area contributed by atoms with Crippen molar-refractivity contribution in [2.45, 2.75) is 95.8 Å². The molecular weight excluding hydrogens is 667 g/mol. The van der Waals surface area contributed by atoms with Gasteiger partial charge in [0.15, 0.2) is 5.71 Å². The van der Waals surface area contributed by atoms with E-state index in [1.54, 1.807) is 10.7 Å². The third kappa shape index (κ3) is 9.39. The number of nitrogens with one attached hydrogen (secondary N) is 1. The first-order chi connectivity index (χ1) is 23.1. The Morgan fingerprint density at radius 2 is 1.51 bits per heavy atom. The van der Waals surface area contributed by atoms with Crippen molar-refractivity contribution in [2.24, 2.45) is 0 Å². The van der Waals surface area contributed by atoms with Crippen molar-refractivity contribution in [1.29, 1.82) is 0 Å². The number of anilines is 1. The number of pyridine rings is 1. The minimum absolute atomic E-state index is 0.0343. The summed E-state index contributed by atoms with van der Waals surface area (Å²) in [5.41, 5.74) is 1.96. The Bertz CT molecular complexity index is 1990. The molecule has 0 atom stereocenters. The molecule has 0 saturated heterocycles. The molecule has 3 aromatic rings. The average Bonchev–Trinajstić information content (AvgIpc) is 3.23. The number of rotatable bonds is 18. The van der Waals surface area contributed by atoms with Gasteiger partial charge in [-0.3, -0.25) is 13.9 Å². The summed E-state index contributed by atoms with van der Waals surface area (Å²) >= 11 is 0. The zero-order valence-electron chi connectivity index (χ0n) is 28.9. The number of allylic oxidation sites excluding steroid dienone is 1. The number of benzene rings is 2. The molecule has 0 unspecified atom stereocenters. The summed E-state index contributed by atoms with van der Waals surface area (Å²) in [7, 11) is -8.72. The van der Waals surface area contributed by atoms with Crippen molar-refractivity contribution in [1.82, 2.24) is 4.98 Å². The van der Waals surface area contributed by atoms with Gasteiger partial charge in [0, 0.05) is 48.3 Å². The maximum atomic E-state index is 13.4. The van der Waals surface area contributed by atoms with Crippen molar-refractivity contribution in [2.75, 3.05) is 30.3 Å². The van der Waals surface area contributed by atoms with E-state index in [2.05, 4.69) is 23.7 Å². The van der Waals surface area contributed by atoms with Crippen LogP contribution in [0.25, 0.3) is 17.0 Å². The van der Waals surface area contributed by atoms with Crippen LogP contribution in [0.5, 0.6) is 5.75 Å². The van der Waals surface area contributed by atoms with Crippen LogP contribution in [0.1, 0.15) is 96.6 Å². The number of aromatic amines is 1. The summed E-state index contributed by atoms with van der Waals surface area (Å²) in [5, 5.41) is 11.9. The quantitative estimate of drug-likeness (QED) is 0.0628. The Labute approximate surface area is 289 Å². The van der Waals surface area contributed by atoms with Crippen LogP contribution in [0.2, 0.25) is 0 Å². The number of nitrogens with zero attached hydrogens (tertiary/aromatic N) is 2. The molecule has 0 spiro atoms. The molecule has 1 aliphatic heterocycles. The van der Waals surface area contributed by atoms with Gasteiger partial charge in [-0.2, -0.15) is 21.4 Å². The van der Waals surface area contributed by atoms with Gasteiger partial charge in [0.1, 0.15) is 12.3 Å². The Morgan fingerprint density at radius 1 is 0.857 bits per heavy atom. The van der Waals surface area contributed by atoms with E-state index in [0.717, 1.165) is 57.3 Å². The highest BCUT2D eigenvalue weighted by atomic mass is 32.2. The second-order valence-electron chi connectivity index (χ2n) is 13.3. The van der Waals surface area contributed by atoms with E-state index < -0.39 is 37.0 Å². The van der Waals surface area contributed by atoms with Gasteiger partial charge in [-0.25, -0.2) is 0 Å². The number of aromatic nitrogens is 1. The molecule has 0 radical (unpaired) electrons. The number of aromatic hydroxyl groups is 1. The lowest BCUT2D eigenvalue weighted by molar-refractivity contribution is -0.437. The molecule has 0 bridgehead atoms. The van der Waals surface area contributed by atoms with E-state index in [9.17, 15) is 35.8 Å². The highest BCUT2D eigenvalue weighted by Crippen LogP contribution is 2.41. The van der Waals surface area contributed by atoms with Gasteiger partial charge in [-0.1, -0.05) is 52.4 Å². The molecule has 268 valence electrons. The normalized spacial score (nSPS) is 14.7. The minimum Gasteiger partial charge on any atom is -0.506 e. The van der Waals surface area contributed by atoms with Gasteiger partial charge in [0.2, 0.25) is 5.69 Å². The van der Waals surface area contributed by atoms with Crippen LogP contribution in [0, 0.1) is 0 Å². The molecule has 0 aliphatic carbocycles. The van der Waals surface area contributed by atoms with Gasteiger partial charge >= 0.3 is 0 Å².